The van der Waals surface area contributed by atoms with Crippen molar-refractivity contribution in [2.45, 2.75) is 36.9 Å². The lowest BCUT2D eigenvalue weighted by Gasteiger charge is -2.31. The minimum Gasteiger partial charge on any atom is -0.356 e. The minimum absolute atomic E-state index is 0.693. The third kappa shape index (κ3) is 1.83. The number of piperidine rings is 1. The van der Waals surface area contributed by atoms with Gasteiger partial charge in [0.25, 0.3) is 0 Å². The predicted octanol–water partition coefficient (Wildman–Crippen LogP) is 2.33. The van der Waals surface area contributed by atoms with Crippen molar-refractivity contribution in [1.29, 1.82) is 0 Å². The topological polar surface area (TPSA) is 29.0 Å². The number of hydrogen-bond donors (Lipinski definition) is 0. The van der Waals surface area contributed by atoms with Gasteiger partial charge >= 0.3 is 0 Å². The van der Waals surface area contributed by atoms with Crippen LogP contribution in [0.3, 0.4) is 0 Å². The largest absolute Gasteiger partial charge is 0.356 e. The van der Waals surface area contributed by atoms with E-state index in [0.29, 0.717) is 4.83 Å². The fraction of sp³-hybridized carbons (Fsp3) is 0.667. The van der Waals surface area contributed by atoms with Gasteiger partial charge in [0.05, 0.1) is 0 Å². The Morgan fingerprint density at radius 1 is 1.19 bits per heavy atom. The van der Waals surface area contributed by atoms with Gasteiger partial charge in [-0.25, -0.2) is 9.97 Å². The number of rotatable bonds is 1. The monoisotopic (exact) mass is 281 g/mol. The van der Waals surface area contributed by atoms with Gasteiger partial charge in [0.2, 0.25) is 0 Å². The molecule has 0 unspecified atom stereocenters. The van der Waals surface area contributed by atoms with Gasteiger partial charge in [-0.1, -0.05) is 15.9 Å². The molecule has 0 amide bonds. The molecule has 1 aliphatic heterocycles. The summed E-state index contributed by atoms with van der Waals surface area (Å²) in [5, 5.41) is 0. The molecule has 1 saturated heterocycles. The van der Waals surface area contributed by atoms with Crippen LogP contribution in [0.2, 0.25) is 0 Å². The number of halogens is 1. The number of nitrogens with zero attached hydrogens (tertiary/aromatic N) is 3. The number of anilines is 1. The summed E-state index contributed by atoms with van der Waals surface area (Å²) in [6, 6.07) is 0. The molecule has 0 atom stereocenters. The molecule has 3 nitrogen and oxygen atoms in total. The summed E-state index contributed by atoms with van der Waals surface area (Å²) in [4.78, 5) is 12.0. The van der Waals surface area contributed by atoms with E-state index in [2.05, 4.69) is 30.8 Å². The Morgan fingerprint density at radius 2 is 2.00 bits per heavy atom. The van der Waals surface area contributed by atoms with Crippen LogP contribution < -0.4 is 4.90 Å². The molecule has 0 radical (unpaired) electrons. The van der Waals surface area contributed by atoms with E-state index in [9.17, 15) is 0 Å². The molecule has 0 bridgehead atoms. The van der Waals surface area contributed by atoms with E-state index in [0.717, 1.165) is 19.5 Å². The van der Waals surface area contributed by atoms with Gasteiger partial charge in [0.15, 0.2) is 0 Å². The number of alkyl halides is 1. The molecule has 0 N–H and O–H groups in total. The fourth-order valence-electron chi connectivity index (χ4n) is 2.67. The standard InChI is InChI=1S/C12H16BrN3/c13-9-4-6-16(7-5-9)12-10-2-1-3-11(10)14-8-15-12/h8-9H,1-7H2. The first-order valence-corrected chi connectivity index (χ1v) is 6.98. The number of fused-ring (bicyclic) bond motifs is 1. The first kappa shape index (κ1) is 10.5. The van der Waals surface area contributed by atoms with Gasteiger partial charge in [-0.05, 0) is 32.1 Å². The summed E-state index contributed by atoms with van der Waals surface area (Å²) in [6.45, 7) is 2.25. The van der Waals surface area contributed by atoms with Crippen molar-refractivity contribution in [3.05, 3.63) is 17.6 Å². The average Bonchev–Trinajstić information content (AvgIpc) is 2.78. The molecule has 0 aromatic carbocycles. The van der Waals surface area contributed by atoms with E-state index in [1.165, 1.54) is 42.8 Å². The predicted molar refractivity (Wildman–Crippen MR) is 68.2 cm³/mol. The lowest BCUT2D eigenvalue weighted by Crippen LogP contribution is -2.35. The minimum atomic E-state index is 0.693. The van der Waals surface area contributed by atoms with Gasteiger partial charge in [-0.15, -0.1) is 0 Å². The summed E-state index contributed by atoms with van der Waals surface area (Å²) >= 11 is 3.69. The van der Waals surface area contributed by atoms with E-state index in [1.807, 2.05) is 0 Å². The lowest BCUT2D eigenvalue weighted by atomic mass is 10.1. The molecule has 16 heavy (non-hydrogen) atoms. The quantitative estimate of drug-likeness (QED) is 0.740. The van der Waals surface area contributed by atoms with Crippen LogP contribution in [0.25, 0.3) is 0 Å². The van der Waals surface area contributed by atoms with Crippen LogP contribution >= 0.6 is 15.9 Å². The van der Waals surface area contributed by atoms with Gasteiger partial charge in [0.1, 0.15) is 12.1 Å². The molecule has 2 aliphatic rings. The van der Waals surface area contributed by atoms with Crippen molar-refractivity contribution in [3.63, 3.8) is 0 Å². The molecule has 1 fully saturated rings. The van der Waals surface area contributed by atoms with Crippen LogP contribution in [-0.2, 0) is 12.8 Å². The Kier molecular flexibility index (Phi) is 2.84. The molecule has 3 rings (SSSR count). The Bertz CT molecular complexity index is 386. The zero-order valence-corrected chi connectivity index (χ0v) is 10.9. The summed E-state index contributed by atoms with van der Waals surface area (Å²) in [5.74, 6) is 1.21. The molecule has 1 aromatic heterocycles. The van der Waals surface area contributed by atoms with Gasteiger partial charge < -0.3 is 4.90 Å². The Hall–Kier alpha value is -0.640. The average molecular weight is 282 g/mol. The zero-order valence-electron chi connectivity index (χ0n) is 9.32. The molecule has 4 heteroatoms. The highest BCUT2D eigenvalue weighted by Gasteiger charge is 2.24. The van der Waals surface area contributed by atoms with Gasteiger partial charge in [0, 0.05) is 29.2 Å². The summed E-state index contributed by atoms with van der Waals surface area (Å²) < 4.78 is 0. The van der Waals surface area contributed by atoms with Crippen molar-refractivity contribution >= 4 is 21.7 Å². The van der Waals surface area contributed by atoms with E-state index < -0.39 is 0 Å². The van der Waals surface area contributed by atoms with Crippen molar-refractivity contribution in [2.75, 3.05) is 18.0 Å². The number of aromatic nitrogens is 2. The van der Waals surface area contributed by atoms with Crippen molar-refractivity contribution in [3.8, 4) is 0 Å². The van der Waals surface area contributed by atoms with E-state index in [1.54, 1.807) is 6.33 Å². The number of aryl methyl sites for hydroxylation is 1. The normalized spacial score (nSPS) is 21.2. The Labute approximate surface area is 104 Å². The summed E-state index contributed by atoms with van der Waals surface area (Å²) in [6.07, 6.45) is 7.73. The second-order valence-corrected chi connectivity index (χ2v) is 5.93. The molecule has 1 aromatic rings. The molecular weight excluding hydrogens is 266 g/mol. The van der Waals surface area contributed by atoms with Crippen molar-refractivity contribution in [2.24, 2.45) is 0 Å². The molecule has 86 valence electrons. The van der Waals surface area contributed by atoms with Crippen molar-refractivity contribution in [1.82, 2.24) is 9.97 Å². The molecule has 2 heterocycles. The maximum absolute atomic E-state index is 4.50. The first-order chi connectivity index (χ1) is 7.84. The highest BCUT2D eigenvalue weighted by molar-refractivity contribution is 9.09. The SMILES string of the molecule is BrC1CCN(c2ncnc3c2CCC3)CC1. The highest BCUT2D eigenvalue weighted by Crippen LogP contribution is 2.30. The van der Waals surface area contributed by atoms with Crippen molar-refractivity contribution < 1.29 is 0 Å². The summed E-state index contributed by atoms with van der Waals surface area (Å²) in [7, 11) is 0. The van der Waals surface area contributed by atoms with Crippen LogP contribution in [0.15, 0.2) is 6.33 Å². The second-order valence-electron chi connectivity index (χ2n) is 4.64. The van der Waals surface area contributed by atoms with Gasteiger partial charge in [-0.2, -0.15) is 0 Å². The number of hydrogen-bond acceptors (Lipinski definition) is 3. The maximum atomic E-state index is 4.50. The van der Waals surface area contributed by atoms with E-state index in [4.69, 9.17) is 0 Å². The van der Waals surface area contributed by atoms with Crippen LogP contribution in [0, 0.1) is 0 Å². The smallest absolute Gasteiger partial charge is 0.135 e. The van der Waals surface area contributed by atoms with Crippen LogP contribution in [0.1, 0.15) is 30.5 Å². The van der Waals surface area contributed by atoms with Gasteiger partial charge in [-0.3, -0.25) is 0 Å². The third-order valence-electron chi connectivity index (χ3n) is 3.58. The van der Waals surface area contributed by atoms with E-state index in [-0.39, 0.29) is 0 Å². The first-order valence-electron chi connectivity index (χ1n) is 6.06. The zero-order chi connectivity index (χ0) is 11.0. The Morgan fingerprint density at radius 3 is 2.81 bits per heavy atom. The van der Waals surface area contributed by atoms with Crippen LogP contribution in [-0.4, -0.2) is 27.9 Å². The van der Waals surface area contributed by atoms with Crippen LogP contribution in [0.4, 0.5) is 5.82 Å². The molecule has 0 saturated carbocycles. The third-order valence-corrected chi connectivity index (χ3v) is 4.49. The molecule has 0 spiro atoms. The van der Waals surface area contributed by atoms with Crippen LogP contribution in [0.5, 0.6) is 0 Å². The Balaban J connectivity index is 1.87. The second kappa shape index (κ2) is 4.32. The van der Waals surface area contributed by atoms with E-state index >= 15 is 0 Å². The highest BCUT2D eigenvalue weighted by atomic mass is 79.9. The lowest BCUT2D eigenvalue weighted by molar-refractivity contribution is 0.590. The molecule has 1 aliphatic carbocycles. The fourth-order valence-corrected chi connectivity index (χ4v) is 3.08. The molecular formula is C12H16BrN3. The maximum Gasteiger partial charge on any atom is 0.135 e. The summed E-state index contributed by atoms with van der Waals surface area (Å²) in [5.41, 5.74) is 2.70.